The van der Waals surface area contributed by atoms with Gasteiger partial charge in [-0.25, -0.2) is 0 Å². The summed E-state index contributed by atoms with van der Waals surface area (Å²) in [5.41, 5.74) is 3.55. The molecule has 20 heavy (non-hydrogen) atoms. The van der Waals surface area contributed by atoms with Crippen molar-refractivity contribution in [2.45, 2.75) is 0 Å². The lowest BCUT2D eigenvalue weighted by Gasteiger charge is -2.13. The fourth-order valence-electron chi connectivity index (χ4n) is 2.07. The SMILES string of the molecule is CN(C)c1ccc(C(=N)n2nnc3ccccc32)cc1. The van der Waals surface area contributed by atoms with Crippen LogP contribution in [-0.2, 0) is 0 Å². The molecule has 0 aliphatic heterocycles. The van der Waals surface area contributed by atoms with Crippen molar-refractivity contribution in [2.75, 3.05) is 19.0 Å². The molecule has 100 valence electrons. The highest BCUT2D eigenvalue weighted by Gasteiger charge is 2.10. The van der Waals surface area contributed by atoms with E-state index >= 15 is 0 Å². The average Bonchev–Trinajstić information content (AvgIpc) is 2.90. The first-order valence-corrected chi connectivity index (χ1v) is 6.34. The summed E-state index contributed by atoms with van der Waals surface area (Å²) < 4.78 is 1.56. The van der Waals surface area contributed by atoms with E-state index in [2.05, 4.69) is 10.3 Å². The van der Waals surface area contributed by atoms with Crippen molar-refractivity contribution in [3.8, 4) is 0 Å². The van der Waals surface area contributed by atoms with Crippen LogP contribution in [0.4, 0.5) is 5.69 Å². The molecule has 0 spiro atoms. The van der Waals surface area contributed by atoms with Crippen molar-refractivity contribution in [3.05, 3.63) is 54.1 Å². The number of hydrogen-bond acceptors (Lipinski definition) is 4. The molecule has 0 amide bonds. The Hall–Kier alpha value is -2.69. The Kier molecular flexibility index (Phi) is 2.95. The van der Waals surface area contributed by atoms with Gasteiger partial charge in [-0.05, 0) is 36.4 Å². The molecule has 0 aliphatic rings. The number of fused-ring (bicyclic) bond motifs is 1. The molecule has 1 aromatic heterocycles. The van der Waals surface area contributed by atoms with E-state index in [0.717, 1.165) is 22.3 Å². The Labute approximate surface area is 117 Å². The highest BCUT2D eigenvalue weighted by molar-refractivity contribution is 6.02. The van der Waals surface area contributed by atoms with Crippen molar-refractivity contribution in [1.82, 2.24) is 15.0 Å². The first-order chi connectivity index (χ1) is 9.66. The van der Waals surface area contributed by atoms with Gasteiger partial charge in [-0.15, -0.1) is 5.10 Å². The molecule has 0 atom stereocenters. The summed E-state index contributed by atoms with van der Waals surface area (Å²) in [5.74, 6) is 0.323. The second kappa shape index (κ2) is 4.77. The van der Waals surface area contributed by atoms with E-state index in [0.29, 0.717) is 5.84 Å². The van der Waals surface area contributed by atoms with Crippen LogP contribution in [0.15, 0.2) is 48.5 Å². The maximum atomic E-state index is 8.29. The number of aromatic nitrogens is 3. The quantitative estimate of drug-likeness (QED) is 0.571. The third-order valence-electron chi connectivity index (χ3n) is 3.22. The van der Waals surface area contributed by atoms with Crippen LogP contribution in [0.25, 0.3) is 11.0 Å². The zero-order valence-electron chi connectivity index (χ0n) is 11.4. The summed E-state index contributed by atoms with van der Waals surface area (Å²) in [4.78, 5) is 2.03. The van der Waals surface area contributed by atoms with Crippen molar-refractivity contribution in [3.63, 3.8) is 0 Å². The molecule has 0 fully saturated rings. The standard InChI is InChI=1S/C15H15N5/c1-19(2)12-9-7-11(8-10-12)15(16)20-14-6-4-3-5-13(14)17-18-20/h3-10,16H,1-2H3. The van der Waals surface area contributed by atoms with Crippen LogP contribution in [0.1, 0.15) is 5.56 Å². The van der Waals surface area contributed by atoms with Crippen LogP contribution in [0.5, 0.6) is 0 Å². The summed E-state index contributed by atoms with van der Waals surface area (Å²) in [5, 5.41) is 16.4. The van der Waals surface area contributed by atoms with Crippen LogP contribution < -0.4 is 4.90 Å². The third kappa shape index (κ3) is 2.03. The minimum atomic E-state index is 0.323. The molecule has 1 heterocycles. The molecular weight excluding hydrogens is 250 g/mol. The van der Waals surface area contributed by atoms with Crippen molar-refractivity contribution < 1.29 is 0 Å². The number of rotatable bonds is 2. The van der Waals surface area contributed by atoms with Gasteiger partial charge in [-0.3, -0.25) is 5.41 Å². The third-order valence-corrected chi connectivity index (χ3v) is 3.22. The summed E-state index contributed by atoms with van der Waals surface area (Å²) in [6.07, 6.45) is 0. The van der Waals surface area contributed by atoms with Gasteiger partial charge in [0.1, 0.15) is 5.52 Å². The number of para-hydroxylation sites is 1. The van der Waals surface area contributed by atoms with Crippen LogP contribution in [0.3, 0.4) is 0 Å². The van der Waals surface area contributed by atoms with Crippen molar-refractivity contribution in [2.24, 2.45) is 0 Å². The maximum absolute atomic E-state index is 8.29. The van der Waals surface area contributed by atoms with Gasteiger partial charge in [-0.2, -0.15) is 4.68 Å². The molecule has 3 rings (SSSR count). The van der Waals surface area contributed by atoms with Gasteiger partial charge in [0.05, 0.1) is 5.52 Å². The Balaban J connectivity index is 2.00. The fraction of sp³-hybridized carbons (Fsp3) is 0.133. The van der Waals surface area contributed by atoms with Crippen molar-refractivity contribution in [1.29, 1.82) is 5.41 Å². The summed E-state index contributed by atoms with van der Waals surface area (Å²) >= 11 is 0. The Morgan fingerprint density at radius 3 is 2.45 bits per heavy atom. The largest absolute Gasteiger partial charge is 0.378 e. The summed E-state index contributed by atoms with van der Waals surface area (Å²) in [6.45, 7) is 0. The molecule has 3 aromatic rings. The summed E-state index contributed by atoms with van der Waals surface area (Å²) in [7, 11) is 3.98. The van der Waals surface area contributed by atoms with Crippen LogP contribution in [0, 0.1) is 5.41 Å². The van der Waals surface area contributed by atoms with Gasteiger partial charge in [0.15, 0.2) is 5.84 Å². The van der Waals surface area contributed by atoms with Crippen LogP contribution in [0.2, 0.25) is 0 Å². The van der Waals surface area contributed by atoms with E-state index in [1.165, 1.54) is 0 Å². The molecule has 2 aromatic carbocycles. The van der Waals surface area contributed by atoms with E-state index in [1.54, 1.807) is 4.68 Å². The molecule has 0 aliphatic carbocycles. The minimum Gasteiger partial charge on any atom is -0.378 e. The number of anilines is 1. The molecule has 0 radical (unpaired) electrons. The van der Waals surface area contributed by atoms with Gasteiger partial charge >= 0.3 is 0 Å². The number of hydrogen-bond donors (Lipinski definition) is 1. The highest BCUT2D eigenvalue weighted by Crippen LogP contribution is 2.15. The first-order valence-electron chi connectivity index (χ1n) is 6.34. The molecule has 0 saturated carbocycles. The van der Waals surface area contributed by atoms with Gasteiger partial charge in [0, 0.05) is 25.3 Å². The first kappa shape index (κ1) is 12.3. The van der Waals surface area contributed by atoms with E-state index in [9.17, 15) is 0 Å². The average molecular weight is 265 g/mol. The molecule has 5 heteroatoms. The van der Waals surface area contributed by atoms with E-state index in [4.69, 9.17) is 5.41 Å². The normalized spacial score (nSPS) is 10.7. The number of nitrogens with one attached hydrogen (secondary N) is 1. The lowest BCUT2D eigenvalue weighted by Crippen LogP contribution is -2.14. The number of nitrogens with zero attached hydrogens (tertiary/aromatic N) is 4. The predicted octanol–water partition coefficient (Wildman–Crippen LogP) is 2.37. The molecule has 0 saturated heterocycles. The topological polar surface area (TPSA) is 57.8 Å². The lowest BCUT2D eigenvalue weighted by molar-refractivity contribution is 0.857. The lowest BCUT2D eigenvalue weighted by atomic mass is 10.2. The van der Waals surface area contributed by atoms with E-state index in [-0.39, 0.29) is 0 Å². The molecule has 0 unspecified atom stereocenters. The molecule has 5 nitrogen and oxygen atoms in total. The summed E-state index contributed by atoms with van der Waals surface area (Å²) in [6, 6.07) is 15.5. The second-order valence-electron chi connectivity index (χ2n) is 4.78. The highest BCUT2D eigenvalue weighted by atomic mass is 15.4. The Morgan fingerprint density at radius 1 is 1.05 bits per heavy atom. The smallest absolute Gasteiger partial charge is 0.155 e. The fourth-order valence-corrected chi connectivity index (χ4v) is 2.07. The zero-order chi connectivity index (χ0) is 14.1. The van der Waals surface area contributed by atoms with E-state index in [1.807, 2.05) is 67.5 Å². The molecule has 0 bridgehead atoms. The predicted molar refractivity (Wildman–Crippen MR) is 80.5 cm³/mol. The second-order valence-corrected chi connectivity index (χ2v) is 4.78. The van der Waals surface area contributed by atoms with Gasteiger partial charge in [0.2, 0.25) is 0 Å². The molecular formula is C15H15N5. The van der Waals surface area contributed by atoms with Gasteiger partial charge in [-0.1, -0.05) is 17.3 Å². The minimum absolute atomic E-state index is 0.323. The van der Waals surface area contributed by atoms with Crippen LogP contribution >= 0.6 is 0 Å². The maximum Gasteiger partial charge on any atom is 0.155 e. The number of benzene rings is 2. The van der Waals surface area contributed by atoms with Crippen molar-refractivity contribution >= 4 is 22.6 Å². The van der Waals surface area contributed by atoms with Gasteiger partial charge < -0.3 is 4.90 Å². The monoisotopic (exact) mass is 265 g/mol. The molecule has 1 N–H and O–H groups in total. The van der Waals surface area contributed by atoms with Gasteiger partial charge in [0.25, 0.3) is 0 Å². The zero-order valence-corrected chi connectivity index (χ0v) is 11.4. The van der Waals surface area contributed by atoms with Crippen LogP contribution in [-0.4, -0.2) is 34.9 Å². The Bertz CT molecular complexity index is 755. The Morgan fingerprint density at radius 2 is 1.75 bits per heavy atom. The van der Waals surface area contributed by atoms with E-state index < -0.39 is 0 Å².